The lowest BCUT2D eigenvalue weighted by atomic mass is 9.99. The van der Waals surface area contributed by atoms with Crippen LogP contribution in [0.15, 0.2) is 0 Å². The fraction of sp³-hybridized carbons (Fsp3) is 0.786. The Labute approximate surface area is 126 Å². The first-order chi connectivity index (χ1) is 9.69. The molecule has 0 saturated heterocycles. The van der Waals surface area contributed by atoms with Gasteiger partial charge in [-0.1, -0.05) is 40.0 Å². The highest BCUT2D eigenvalue weighted by Gasteiger charge is 2.09. The lowest BCUT2D eigenvalue weighted by Crippen LogP contribution is -2.16. The maximum Gasteiger partial charge on any atom is 0.322 e. The van der Waals surface area contributed by atoms with Crippen LogP contribution in [0, 0.1) is 5.92 Å². The van der Waals surface area contributed by atoms with Crippen LogP contribution in [-0.2, 0) is 0 Å². The predicted octanol–water partition coefficient (Wildman–Crippen LogP) is 3.94. The Morgan fingerprint density at radius 3 is 2.60 bits per heavy atom. The Morgan fingerprint density at radius 2 is 1.95 bits per heavy atom. The summed E-state index contributed by atoms with van der Waals surface area (Å²) >= 11 is 5.88. The molecule has 6 heteroatoms. The molecule has 0 bridgehead atoms. The van der Waals surface area contributed by atoms with Gasteiger partial charge in [0, 0.05) is 6.54 Å². The van der Waals surface area contributed by atoms with Crippen molar-refractivity contribution in [1.82, 2.24) is 15.0 Å². The Morgan fingerprint density at radius 1 is 1.15 bits per heavy atom. The van der Waals surface area contributed by atoms with Crippen LogP contribution in [0.25, 0.3) is 0 Å². The molecule has 1 unspecified atom stereocenters. The zero-order chi connectivity index (χ0) is 14.8. The predicted molar refractivity (Wildman–Crippen MR) is 82.4 cm³/mol. The second-order valence-electron chi connectivity index (χ2n) is 4.86. The molecule has 1 atom stereocenters. The molecule has 0 aliphatic heterocycles. The summed E-state index contributed by atoms with van der Waals surface area (Å²) in [5.74, 6) is 1.12. The Balaban J connectivity index is 2.55. The molecule has 0 aliphatic rings. The number of nitrogens with one attached hydrogen (secondary N) is 1. The van der Waals surface area contributed by atoms with Gasteiger partial charge in [0.15, 0.2) is 0 Å². The molecule has 1 heterocycles. The lowest BCUT2D eigenvalue weighted by Gasteiger charge is -2.15. The van der Waals surface area contributed by atoms with Crippen molar-refractivity contribution in [1.29, 1.82) is 0 Å². The molecule has 1 rings (SSSR count). The largest absolute Gasteiger partial charge is 0.463 e. The number of rotatable bonds is 10. The molecule has 20 heavy (non-hydrogen) atoms. The van der Waals surface area contributed by atoms with Gasteiger partial charge >= 0.3 is 6.01 Å². The molecule has 5 nitrogen and oxygen atoms in total. The van der Waals surface area contributed by atoms with Gasteiger partial charge in [-0.25, -0.2) is 0 Å². The highest BCUT2D eigenvalue weighted by Crippen LogP contribution is 2.15. The smallest absolute Gasteiger partial charge is 0.322 e. The zero-order valence-electron chi connectivity index (χ0n) is 12.7. The van der Waals surface area contributed by atoms with E-state index in [0.29, 0.717) is 18.5 Å². The third-order valence-corrected chi connectivity index (χ3v) is 3.28. The van der Waals surface area contributed by atoms with Crippen molar-refractivity contribution in [2.75, 3.05) is 18.5 Å². The van der Waals surface area contributed by atoms with Gasteiger partial charge in [-0.15, -0.1) is 0 Å². The molecule has 1 aromatic rings. The minimum absolute atomic E-state index is 0.162. The van der Waals surface area contributed by atoms with Crippen molar-refractivity contribution in [2.24, 2.45) is 5.92 Å². The monoisotopic (exact) mass is 300 g/mol. The van der Waals surface area contributed by atoms with E-state index in [9.17, 15) is 0 Å². The number of nitrogens with zero attached hydrogens (tertiary/aromatic N) is 3. The van der Waals surface area contributed by atoms with Crippen LogP contribution in [0.5, 0.6) is 6.01 Å². The van der Waals surface area contributed by atoms with Crippen LogP contribution in [0.3, 0.4) is 0 Å². The Bertz CT molecular complexity index is 389. The molecule has 0 saturated carbocycles. The summed E-state index contributed by atoms with van der Waals surface area (Å²) in [7, 11) is 0. The first-order valence-electron chi connectivity index (χ1n) is 7.47. The highest BCUT2D eigenvalue weighted by atomic mass is 35.5. The van der Waals surface area contributed by atoms with Gasteiger partial charge in [0.25, 0.3) is 0 Å². The van der Waals surface area contributed by atoms with E-state index in [-0.39, 0.29) is 11.3 Å². The number of anilines is 1. The van der Waals surface area contributed by atoms with Crippen molar-refractivity contribution in [3.63, 3.8) is 0 Å². The van der Waals surface area contributed by atoms with E-state index < -0.39 is 0 Å². The van der Waals surface area contributed by atoms with Crippen LogP contribution in [0.4, 0.5) is 5.95 Å². The van der Waals surface area contributed by atoms with Crippen molar-refractivity contribution in [3.8, 4) is 6.01 Å². The van der Waals surface area contributed by atoms with Gasteiger partial charge in [-0.05, 0) is 30.4 Å². The van der Waals surface area contributed by atoms with Crippen LogP contribution >= 0.6 is 11.6 Å². The van der Waals surface area contributed by atoms with Crippen molar-refractivity contribution < 1.29 is 4.74 Å². The van der Waals surface area contributed by atoms with E-state index in [1.807, 2.05) is 6.92 Å². The van der Waals surface area contributed by atoms with Crippen molar-refractivity contribution in [2.45, 2.75) is 52.9 Å². The molecule has 0 spiro atoms. The quantitative estimate of drug-likeness (QED) is 0.709. The molecule has 0 amide bonds. The summed E-state index contributed by atoms with van der Waals surface area (Å²) in [6.07, 6.45) is 5.75. The fourth-order valence-corrected chi connectivity index (χ4v) is 2.00. The third-order valence-electron chi connectivity index (χ3n) is 3.12. The average Bonchev–Trinajstić information content (AvgIpc) is 2.45. The summed E-state index contributed by atoms with van der Waals surface area (Å²) in [6, 6.07) is 0.288. The molecular weight excluding hydrogens is 276 g/mol. The van der Waals surface area contributed by atoms with E-state index in [4.69, 9.17) is 16.3 Å². The van der Waals surface area contributed by atoms with E-state index in [1.54, 1.807) is 0 Å². The van der Waals surface area contributed by atoms with E-state index in [2.05, 4.69) is 34.1 Å². The number of aromatic nitrogens is 3. The first kappa shape index (κ1) is 17.0. The van der Waals surface area contributed by atoms with Gasteiger partial charge in [-0.2, -0.15) is 15.0 Å². The lowest BCUT2D eigenvalue weighted by molar-refractivity contribution is 0.291. The standard InChI is InChI=1S/C14H25ClN4O/c1-4-7-8-11(6-3)10-16-13-17-12(15)18-14(19-13)20-9-5-2/h11H,4-10H2,1-3H3,(H,16,17,18,19). The second kappa shape index (κ2) is 9.75. The Hall–Kier alpha value is -1.10. The number of halogens is 1. The van der Waals surface area contributed by atoms with Gasteiger partial charge < -0.3 is 10.1 Å². The minimum atomic E-state index is 0.162. The summed E-state index contributed by atoms with van der Waals surface area (Å²) in [5, 5.41) is 3.40. The molecule has 0 aromatic carbocycles. The van der Waals surface area contributed by atoms with Crippen LogP contribution in [0.2, 0.25) is 5.28 Å². The number of hydrogen-bond donors (Lipinski definition) is 1. The van der Waals surface area contributed by atoms with Gasteiger partial charge in [-0.3, -0.25) is 0 Å². The SMILES string of the molecule is CCCCC(CC)CNc1nc(Cl)nc(OCCC)n1. The first-order valence-corrected chi connectivity index (χ1v) is 7.85. The van der Waals surface area contributed by atoms with Crippen molar-refractivity contribution >= 4 is 17.5 Å². The van der Waals surface area contributed by atoms with Crippen LogP contribution < -0.4 is 10.1 Å². The molecule has 0 aliphatic carbocycles. The fourth-order valence-electron chi connectivity index (χ4n) is 1.85. The third kappa shape index (κ3) is 6.37. The molecule has 114 valence electrons. The highest BCUT2D eigenvalue weighted by molar-refractivity contribution is 6.28. The minimum Gasteiger partial charge on any atom is -0.463 e. The summed E-state index contributed by atoms with van der Waals surface area (Å²) in [5.41, 5.74) is 0. The van der Waals surface area contributed by atoms with E-state index in [1.165, 1.54) is 19.3 Å². The van der Waals surface area contributed by atoms with Gasteiger partial charge in [0.1, 0.15) is 0 Å². The summed E-state index contributed by atoms with van der Waals surface area (Å²) < 4.78 is 5.39. The van der Waals surface area contributed by atoms with Crippen LogP contribution in [0.1, 0.15) is 52.9 Å². The normalized spacial score (nSPS) is 12.2. The van der Waals surface area contributed by atoms with E-state index in [0.717, 1.165) is 19.4 Å². The maximum absolute atomic E-state index is 5.88. The molecule has 1 aromatic heterocycles. The molecule has 1 N–H and O–H groups in total. The summed E-state index contributed by atoms with van der Waals surface area (Å²) in [6.45, 7) is 7.88. The van der Waals surface area contributed by atoms with Crippen LogP contribution in [-0.4, -0.2) is 28.1 Å². The number of hydrogen-bond acceptors (Lipinski definition) is 5. The van der Waals surface area contributed by atoms with E-state index >= 15 is 0 Å². The van der Waals surface area contributed by atoms with Crippen molar-refractivity contribution in [3.05, 3.63) is 5.28 Å². The topological polar surface area (TPSA) is 59.9 Å². The molecular formula is C14H25ClN4O. The molecule has 0 radical (unpaired) electrons. The van der Waals surface area contributed by atoms with Gasteiger partial charge in [0.2, 0.25) is 11.2 Å². The second-order valence-corrected chi connectivity index (χ2v) is 5.19. The Kier molecular flexibility index (Phi) is 8.26. The summed E-state index contributed by atoms with van der Waals surface area (Å²) in [4.78, 5) is 12.2. The maximum atomic E-state index is 5.88. The average molecular weight is 301 g/mol. The molecule has 0 fully saturated rings. The number of unbranched alkanes of at least 4 members (excludes halogenated alkanes) is 1. The number of ether oxygens (including phenoxy) is 1. The zero-order valence-corrected chi connectivity index (χ0v) is 13.4. The van der Waals surface area contributed by atoms with Gasteiger partial charge in [0.05, 0.1) is 6.61 Å².